The number of imidazole rings is 1. The molecule has 5 heteroatoms. The van der Waals surface area contributed by atoms with E-state index in [1.165, 1.54) is 0 Å². The Bertz CT molecular complexity index is 1200. The first-order valence-electron chi connectivity index (χ1n) is 10.3. The van der Waals surface area contributed by atoms with Crippen LogP contribution in [0.15, 0.2) is 66.6 Å². The molecule has 2 aliphatic carbocycles. The highest BCUT2D eigenvalue weighted by Crippen LogP contribution is 2.50. The molecule has 0 saturated heterocycles. The van der Waals surface area contributed by atoms with Crippen LogP contribution in [-0.2, 0) is 16.6 Å². The van der Waals surface area contributed by atoms with E-state index in [2.05, 4.69) is 33.5 Å². The Hall–Kier alpha value is -3.52. The molecule has 0 amide bonds. The first kappa shape index (κ1) is 18.5. The van der Waals surface area contributed by atoms with Crippen LogP contribution in [0.5, 0.6) is 0 Å². The number of benzene rings is 1. The van der Waals surface area contributed by atoms with Crippen molar-refractivity contribution in [1.82, 2.24) is 14.5 Å². The lowest BCUT2D eigenvalue weighted by Gasteiger charge is -2.44. The Morgan fingerprint density at radius 3 is 2.60 bits per heavy atom. The Morgan fingerprint density at radius 1 is 1.17 bits per heavy atom. The predicted octanol–water partition coefficient (Wildman–Crippen LogP) is 4.78. The topological polar surface area (TPSA) is 52.1 Å². The lowest BCUT2D eigenvalue weighted by Crippen LogP contribution is -2.45. The van der Waals surface area contributed by atoms with Crippen LogP contribution in [0.1, 0.15) is 31.7 Å². The summed E-state index contributed by atoms with van der Waals surface area (Å²) in [6.45, 7) is 11.6. The van der Waals surface area contributed by atoms with Crippen molar-refractivity contribution in [2.45, 2.75) is 32.1 Å². The number of carbonyl (C=O) groups excluding carboxylic acids is 1. The molecular weight excluding hydrogens is 372 g/mol. The zero-order chi connectivity index (χ0) is 20.9. The summed E-state index contributed by atoms with van der Waals surface area (Å²) in [7, 11) is 0. The number of Topliss-reactive ketones (excluding diaryl/α,β-unsaturated/α-hetero) is 1. The number of pyridine rings is 1. The van der Waals surface area contributed by atoms with Crippen LogP contribution < -0.4 is 0 Å². The van der Waals surface area contributed by atoms with Crippen LogP contribution in [0.2, 0.25) is 0 Å². The SMILES string of the molecule is [C-]#[N+]C1=C[C@]2(C)c3nc(-c4ccncc4)n(-c4ccccc4)c3CC[C@H]2[C@H](C)C1=O. The van der Waals surface area contributed by atoms with E-state index in [1.54, 1.807) is 12.4 Å². The molecule has 3 atom stereocenters. The number of fused-ring (bicyclic) bond motifs is 3. The molecule has 5 nitrogen and oxygen atoms in total. The fraction of sp³-hybridized carbons (Fsp3) is 0.280. The summed E-state index contributed by atoms with van der Waals surface area (Å²) in [4.78, 5) is 25.5. The standard InChI is InChI=1S/C25H22N4O/c1-16-19-9-10-21-23(25(19,2)15-20(26-3)22(16)30)28-24(17-11-13-27-14-12-17)29(21)18-7-5-4-6-8-18/h4-8,11-16,19H,9-10H2,1-2H3/t16-,19-,25-/m0/s1. The number of rotatable bonds is 2. The van der Waals surface area contributed by atoms with Gasteiger partial charge >= 0.3 is 0 Å². The molecule has 0 unspecified atom stereocenters. The summed E-state index contributed by atoms with van der Waals surface area (Å²) >= 11 is 0. The van der Waals surface area contributed by atoms with Gasteiger partial charge in [-0.25, -0.2) is 9.83 Å². The molecule has 30 heavy (non-hydrogen) atoms. The second-order valence-electron chi connectivity index (χ2n) is 8.36. The maximum Gasteiger partial charge on any atom is 0.226 e. The quantitative estimate of drug-likeness (QED) is 0.588. The van der Waals surface area contributed by atoms with Gasteiger partial charge in [-0.2, -0.15) is 0 Å². The molecule has 148 valence electrons. The average Bonchev–Trinajstić information content (AvgIpc) is 3.18. The van der Waals surface area contributed by atoms with Crippen LogP contribution in [0, 0.1) is 18.4 Å². The lowest BCUT2D eigenvalue weighted by molar-refractivity contribution is -0.121. The van der Waals surface area contributed by atoms with E-state index in [0.717, 1.165) is 41.3 Å². The van der Waals surface area contributed by atoms with Crippen LogP contribution in [0.25, 0.3) is 21.9 Å². The van der Waals surface area contributed by atoms with E-state index in [9.17, 15) is 4.79 Å². The molecule has 0 aliphatic heterocycles. The summed E-state index contributed by atoms with van der Waals surface area (Å²) in [5.74, 6) is 0.807. The predicted molar refractivity (Wildman–Crippen MR) is 115 cm³/mol. The summed E-state index contributed by atoms with van der Waals surface area (Å²) in [5.41, 5.74) is 4.01. The maximum atomic E-state index is 12.7. The molecule has 2 aromatic heterocycles. The zero-order valence-corrected chi connectivity index (χ0v) is 17.0. The fourth-order valence-electron chi connectivity index (χ4n) is 5.24. The van der Waals surface area contributed by atoms with Crippen molar-refractivity contribution in [3.8, 4) is 17.1 Å². The van der Waals surface area contributed by atoms with Crippen molar-refractivity contribution in [2.75, 3.05) is 0 Å². The summed E-state index contributed by atoms with van der Waals surface area (Å²) in [6, 6.07) is 14.2. The Kier molecular flexibility index (Phi) is 4.18. The molecule has 3 aromatic rings. The van der Waals surface area contributed by atoms with E-state index in [0.29, 0.717) is 0 Å². The van der Waals surface area contributed by atoms with Crippen molar-refractivity contribution < 1.29 is 4.79 Å². The maximum absolute atomic E-state index is 12.7. The molecule has 2 heterocycles. The average molecular weight is 394 g/mol. The van der Waals surface area contributed by atoms with E-state index >= 15 is 0 Å². The number of carbonyl (C=O) groups is 1. The van der Waals surface area contributed by atoms with Crippen molar-refractivity contribution in [3.05, 3.63) is 89.4 Å². The molecule has 2 aliphatic rings. The second kappa shape index (κ2) is 6.77. The van der Waals surface area contributed by atoms with Gasteiger partial charge in [-0.15, -0.1) is 0 Å². The first-order valence-corrected chi connectivity index (χ1v) is 10.3. The number of ketones is 1. The van der Waals surface area contributed by atoms with E-state index in [1.807, 2.05) is 43.3 Å². The van der Waals surface area contributed by atoms with Gasteiger partial charge in [0.25, 0.3) is 0 Å². The lowest BCUT2D eigenvalue weighted by atomic mass is 9.59. The summed E-state index contributed by atoms with van der Waals surface area (Å²) < 4.78 is 2.23. The highest BCUT2D eigenvalue weighted by atomic mass is 16.1. The molecule has 0 N–H and O–H groups in total. The van der Waals surface area contributed by atoms with Crippen molar-refractivity contribution in [1.29, 1.82) is 0 Å². The molecule has 0 bridgehead atoms. The Balaban J connectivity index is 1.80. The highest BCUT2D eigenvalue weighted by molar-refractivity contribution is 6.00. The Morgan fingerprint density at radius 2 is 1.90 bits per heavy atom. The summed E-state index contributed by atoms with van der Waals surface area (Å²) in [6.07, 6.45) is 7.18. The third-order valence-corrected chi connectivity index (χ3v) is 6.72. The first-order chi connectivity index (χ1) is 14.5. The van der Waals surface area contributed by atoms with Gasteiger partial charge in [0, 0.05) is 40.7 Å². The monoisotopic (exact) mass is 394 g/mol. The minimum Gasteiger partial charge on any atom is -0.308 e. The van der Waals surface area contributed by atoms with Gasteiger partial charge < -0.3 is 4.79 Å². The number of aromatic nitrogens is 3. The minimum absolute atomic E-state index is 0.0345. The largest absolute Gasteiger partial charge is 0.308 e. The molecule has 0 spiro atoms. The van der Waals surface area contributed by atoms with Gasteiger partial charge in [-0.1, -0.05) is 38.1 Å². The number of para-hydroxylation sites is 1. The smallest absolute Gasteiger partial charge is 0.226 e. The van der Waals surface area contributed by atoms with Gasteiger partial charge in [0.2, 0.25) is 5.70 Å². The van der Waals surface area contributed by atoms with Crippen LogP contribution >= 0.6 is 0 Å². The van der Waals surface area contributed by atoms with Gasteiger partial charge in [0.1, 0.15) is 5.82 Å². The Labute approximate surface area is 175 Å². The molecule has 0 saturated carbocycles. The number of hydrogen-bond donors (Lipinski definition) is 0. The van der Waals surface area contributed by atoms with Crippen molar-refractivity contribution in [3.63, 3.8) is 0 Å². The van der Waals surface area contributed by atoms with Gasteiger partial charge in [-0.05, 0) is 43.0 Å². The fourth-order valence-corrected chi connectivity index (χ4v) is 5.24. The van der Waals surface area contributed by atoms with Crippen molar-refractivity contribution in [2.24, 2.45) is 11.8 Å². The third-order valence-electron chi connectivity index (χ3n) is 6.72. The number of hydrogen-bond acceptors (Lipinski definition) is 3. The van der Waals surface area contributed by atoms with E-state index < -0.39 is 5.41 Å². The molecular formula is C25H22N4O. The van der Waals surface area contributed by atoms with Gasteiger partial charge in [0.05, 0.1) is 12.3 Å². The molecule has 5 rings (SSSR count). The number of allylic oxidation sites excluding steroid dienone is 2. The van der Waals surface area contributed by atoms with E-state index in [4.69, 9.17) is 11.6 Å². The second-order valence-corrected chi connectivity index (χ2v) is 8.36. The summed E-state index contributed by atoms with van der Waals surface area (Å²) in [5, 5.41) is 0. The highest BCUT2D eigenvalue weighted by Gasteiger charge is 2.50. The van der Waals surface area contributed by atoms with Crippen molar-refractivity contribution >= 4 is 5.78 Å². The van der Waals surface area contributed by atoms with Crippen LogP contribution in [-0.4, -0.2) is 20.3 Å². The molecule has 0 radical (unpaired) electrons. The van der Waals surface area contributed by atoms with Crippen LogP contribution in [0.3, 0.4) is 0 Å². The van der Waals surface area contributed by atoms with Gasteiger partial charge in [-0.3, -0.25) is 9.55 Å². The normalized spacial score (nSPS) is 25.1. The third kappa shape index (κ3) is 2.57. The molecule has 0 fully saturated rings. The zero-order valence-electron chi connectivity index (χ0n) is 17.0. The number of nitrogens with zero attached hydrogens (tertiary/aromatic N) is 4. The van der Waals surface area contributed by atoms with Gasteiger partial charge in [0.15, 0.2) is 5.78 Å². The van der Waals surface area contributed by atoms with Crippen LogP contribution in [0.4, 0.5) is 0 Å². The molecule has 1 aromatic carbocycles. The minimum atomic E-state index is -0.442. The van der Waals surface area contributed by atoms with E-state index in [-0.39, 0.29) is 23.3 Å².